The van der Waals surface area contributed by atoms with Crippen LogP contribution in [-0.2, 0) is 12.7 Å². The molecule has 24 heavy (non-hydrogen) atoms. The van der Waals surface area contributed by atoms with Crippen molar-refractivity contribution >= 4 is 11.8 Å². The largest absolute Gasteiger partial charge is 0.433 e. The van der Waals surface area contributed by atoms with Gasteiger partial charge in [0.1, 0.15) is 5.82 Å². The Hall–Kier alpha value is -2.35. The SMILES string of the molecule is CN(C)CCNc1nc(NCc2ccccc2)cc(C(F)(F)F)n1. The molecule has 1 aromatic carbocycles. The molecule has 130 valence electrons. The first-order valence-corrected chi connectivity index (χ1v) is 7.47. The summed E-state index contributed by atoms with van der Waals surface area (Å²) < 4.78 is 39.0. The molecule has 0 radical (unpaired) electrons. The van der Waals surface area contributed by atoms with Crippen molar-refractivity contribution in [2.45, 2.75) is 12.7 Å². The predicted octanol–water partition coefficient (Wildman–Crippen LogP) is 3.08. The van der Waals surface area contributed by atoms with Crippen LogP contribution in [0.2, 0.25) is 0 Å². The molecule has 0 bridgehead atoms. The van der Waals surface area contributed by atoms with E-state index in [0.717, 1.165) is 11.6 Å². The van der Waals surface area contributed by atoms with Crippen molar-refractivity contribution in [2.24, 2.45) is 0 Å². The van der Waals surface area contributed by atoms with E-state index in [2.05, 4.69) is 20.6 Å². The summed E-state index contributed by atoms with van der Waals surface area (Å²) in [5, 5.41) is 5.73. The Bertz CT molecular complexity index is 644. The van der Waals surface area contributed by atoms with E-state index in [0.29, 0.717) is 19.6 Å². The summed E-state index contributed by atoms with van der Waals surface area (Å²) in [5.74, 6) is 0.0933. The Morgan fingerprint density at radius 2 is 1.75 bits per heavy atom. The first kappa shape index (κ1) is 18.0. The van der Waals surface area contributed by atoms with Gasteiger partial charge >= 0.3 is 6.18 Å². The molecule has 2 aromatic rings. The summed E-state index contributed by atoms with van der Waals surface area (Å²) in [7, 11) is 3.75. The summed E-state index contributed by atoms with van der Waals surface area (Å²) in [5.41, 5.74) is -0.0211. The van der Waals surface area contributed by atoms with Gasteiger partial charge in [-0.2, -0.15) is 18.2 Å². The van der Waals surface area contributed by atoms with Crippen LogP contribution in [0.1, 0.15) is 11.3 Å². The normalized spacial score (nSPS) is 11.6. The molecule has 0 atom stereocenters. The topological polar surface area (TPSA) is 53.1 Å². The van der Waals surface area contributed by atoms with Gasteiger partial charge in [0.05, 0.1) is 0 Å². The lowest BCUT2D eigenvalue weighted by atomic mass is 10.2. The monoisotopic (exact) mass is 339 g/mol. The Morgan fingerprint density at radius 3 is 2.38 bits per heavy atom. The summed E-state index contributed by atoms with van der Waals surface area (Å²) >= 11 is 0. The minimum absolute atomic E-state index is 0.0396. The number of anilines is 2. The van der Waals surface area contributed by atoms with Crippen LogP contribution < -0.4 is 10.6 Å². The van der Waals surface area contributed by atoms with Crippen LogP contribution in [0.15, 0.2) is 36.4 Å². The van der Waals surface area contributed by atoms with E-state index in [1.807, 2.05) is 49.3 Å². The quantitative estimate of drug-likeness (QED) is 0.812. The number of rotatable bonds is 7. The zero-order chi connectivity index (χ0) is 17.6. The molecule has 8 heteroatoms. The van der Waals surface area contributed by atoms with Crippen molar-refractivity contribution in [2.75, 3.05) is 37.8 Å². The van der Waals surface area contributed by atoms with E-state index in [9.17, 15) is 13.2 Å². The van der Waals surface area contributed by atoms with Gasteiger partial charge < -0.3 is 15.5 Å². The van der Waals surface area contributed by atoms with E-state index in [1.165, 1.54) is 0 Å². The van der Waals surface area contributed by atoms with Crippen LogP contribution in [0.3, 0.4) is 0 Å². The van der Waals surface area contributed by atoms with Crippen LogP contribution >= 0.6 is 0 Å². The van der Waals surface area contributed by atoms with E-state index in [1.54, 1.807) is 0 Å². The van der Waals surface area contributed by atoms with Crippen LogP contribution in [0.25, 0.3) is 0 Å². The second kappa shape index (κ2) is 7.96. The van der Waals surface area contributed by atoms with Crippen LogP contribution in [0.5, 0.6) is 0 Å². The molecule has 0 saturated heterocycles. The Kier molecular flexibility index (Phi) is 5.97. The molecule has 0 aliphatic carbocycles. The van der Waals surface area contributed by atoms with Gasteiger partial charge in [-0.3, -0.25) is 0 Å². The number of alkyl halides is 3. The van der Waals surface area contributed by atoms with Crippen molar-refractivity contribution in [1.82, 2.24) is 14.9 Å². The highest BCUT2D eigenvalue weighted by Gasteiger charge is 2.33. The van der Waals surface area contributed by atoms with Crippen molar-refractivity contribution in [3.05, 3.63) is 47.7 Å². The molecule has 0 aliphatic heterocycles. The first-order valence-electron chi connectivity index (χ1n) is 7.47. The maximum Gasteiger partial charge on any atom is 0.433 e. The van der Waals surface area contributed by atoms with Crippen molar-refractivity contribution in [3.63, 3.8) is 0 Å². The molecule has 1 heterocycles. The number of likely N-dealkylation sites (N-methyl/N-ethyl adjacent to an activating group) is 1. The summed E-state index contributed by atoms with van der Waals surface area (Å²) in [6, 6.07) is 10.3. The third-order valence-corrected chi connectivity index (χ3v) is 3.18. The molecular weight excluding hydrogens is 319 g/mol. The van der Waals surface area contributed by atoms with E-state index >= 15 is 0 Å². The molecule has 0 unspecified atom stereocenters. The molecule has 0 fully saturated rings. The zero-order valence-electron chi connectivity index (χ0n) is 13.6. The third-order valence-electron chi connectivity index (χ3n) is 3.18. The van der Waals surface area contributed by atoms with Crippen LogP contribution in [0.4, 0.5) is 24.9 Å². The standard InChI is InChI=1S/C16H20F3N5/c1-24(2)9-8-20-15-22-13(16(17,18)19)10-14(23-15)21-11-12-6-4-3-5-7-12/h3-7,10H,8-9,11H2,1-2H3,(H2,20,21,22,23). The lowest BCUT2D eigenvalue weighted by Gasteiger charge is -2.14. The average molecular weight is 339 g/mol. The minimum Gasteiger partial charge on any atom is -0.366 e. The fraction of sp³-hybridized carbons (Fsp3) is 0.375. The van der Waals surface area contributed by atoms with Crippen molar-refractivity contribution in [1.29, 1.82) is 0 Å². The lowest BCUT2D eigenvalue weighted by Crippen LogP contribution is -2.22. The minimum atomic E-state index is -4.52. The first-order chi connectivity index (χ1) is 11.3. The highest BCUT2D eigenvalue weighted by Crippen LogP contribution is 2.29. The highest BCUT2D eigenvalue weighted by atomic mass is 19.4. The number of nitrogens with zero attached hydrogens (tertiary/aromatic N) is 3. The number of aromatic nitrogens is 2. The highest BCUT2D eigenvalue weighted by molar-refractivity contribution is 5.43. The number of benzene rings is 1. The van der Waals surface area contributed by atoms with Gasteiger partial charge in [-0.1, -0.05) is 30.3 Å². The van der Waals surface area contributed by atoms with E-state index in [4.69, 9.17) is 0 Å². The van der Waals surface area contributed by atoms with Gasteiger partial charge in [0, 0.05) is 25.7 Å². The molecule has 0 amide bonds. The Balaban J connectivity index is 2.13. The van der Waals surface area contributed by atoms with Crippen molar-refractivity contribution < 1.29 is 13.2 Å². The average Bonchev–Trinajstić information content (AvgIpc) is 2.52. The van der Waals surface area contributed by atoms with E-state index in [-0.39, 0.29) is 11.8 Å². The molecular formula is C16H20F3N5. The fourth-order valence-corrected chi connectivity index (χ4v) is 1.94. The van der Waals surface area contributed by atoms with Gasteiger partial charge in [0.25, 0.3) is 0 Å². The Morgan fingerprint density at radius 1 is 1.04 bits per heavy atom. The van der Waals surface area contributed by atoms with Gasteiger partial charge in [-0.05, 0) is 19.7 Å². The molecule has 0 saturated carbocycles. The molecule has 5 nitrogen and oxygen atoms in total. The number of nitrogens with one attached hydrogen (secondary N) is 2. The number of halogens is 3. The van der Waals surface area contributed by atoms with Crippen LogP contribution in [0, 0.1) is 0 Å². The molecule has 1 aromatic heterocycles. The zero-order valence-corrected chi connectivity index (χ0v) is 13.6. The fourth-order valence-electron chi connectivity index (χ4n) is 1.94. The smallest absolute Gasteiger partial charge is 0.366 e. The van der Waals surface area contributed by atoms with Gasteiger partial charge in [0.2, 0.25) is 5.95 Å². The third kappa shape index (κ3) is 5.69. The second-order valence-electron chi connectivity index (χ2n) is 5.53. The van der Waals surface area contributed by atoms with Crippen LogP contribution in [-0.4, -0.2) is 42.1 Å². The summed E-state index contributed by atoms with van der Waals surface area (Å²) in [6.45, 7) is 1.49. The van der Waals surface area contributed by atoms with Gasteiger partial charge in [0.15, 0.2) is 5.69 Å². The maximum absolute atomic E-state index is 13.0. The lowest BCUT2D eigenvalue weighted by molar-refractivity contribution is -0.141. The number of hydrogen-bond acceptors (Lipinski definition) is 5. The number of hydrogen-bond donors (Lipinski definition) is 2. The summed E-state index contributed by atoms with van der Waals surface area (Å²) in [6.07, 6.45) is -4.52. The summed E-state index contributed by atoms with van der Waals surface area (Å²) in [4.78, 5) is 9.57. The molecule has 0 aliphatic rings. The van der Waals surface area contributed by atoms with Gasteiger partial charge in [-0.25, -0.2) is 4.98 Å². The maximum atomic E-state index is 13.0. The van der Waals surface area contributed by atoms with Gasteiger partial charge in [-0.15, -0.1) is 0 Å². The van der Waals surface area contributed by atoms with E-state index < -0.39 is 11.9 Å². The Labute approximate surface area is 138 Å². The van der Waals surface area contributed by atoms with Crippen molar-refractivity contribution in [3.8, 4) is 0 Å². The second-order valence-corrected chi connectivity index (χ2v) is 5.53. The molecule has 2 rings (SSSR count). The molecule has 0 spiro atoms. The molecule has 2 N–H and O–H groups in total. The predicted molar refractivity (Wildman–Crippen MR) is 87.8 cm³/mol.